The molecular formula is C16H27N. The number of hydrogen-bond donors (Lipinski definition) is 1. The van der Waals surface area contributed by atoms with Gasteiger partial charge in [0.25, 0.3) is 0 Å². The van der Waals surface area contributed by atoms with Crippen LogP contribution in [0.3, 0.4) is 0 Å². The zero-order valence-electron chi connectivity index (χ0n) is 11.6. The van der Waals surface area contributed by atoms with Gasteiger partial charge in [-0.05, 0) is 42.4 Å². The Morgan fingerprint density at radius 2 is 1.88 bits per heavy atom. The Hall–Kier alpha value is -0.980. The summed E-state index contributed by atoms with van der Waals surface area (Å²) in [6.45, 7) is 6.70. The molecule has 1 aromatic rings. The van der Waals surface area contributed by atoms with Gasteiger partial charge in [-0.1, -0.05) is 52.2 Å². The van der Waals surface area contributed by atoms with Crippen LogP contribution in [0.4, 0.5) is 5.69 Å². The highest BCUT2D eigenvalue weighted by molar-refractivity contribution is 5.42. The summed E-state index contributed by atoms with van der Waals surface area (Å²) in [5.74, 6) is 1.66. The zero-order valence-corrected chi connectivity index (χ0v) is 11.6. The maximum atomic E-state index is 5.76. The van der Waals surface area contributed by atoms with Gasteiger partial charge in [-0.3, -0.25) is 0 Å². The van der Waals surface area contributed by atoms with Gasteiger partial charge < -0.3 is 5.73 Å². The van der Waals surface area contributed by atoms with E-state index in [1.165, 1.54) is 37.7 Å². The number of benzene rings is 1. The largest absolute Gasteiger partial charge is 0.399 e. The molecule has 1 aromatic carbocycles. The van der Waals surface area contributed by atoms with E-state index in [-0.39, 0.29) is 0 Å². The smallest absolute Gasteiger partial charge is 0.0316 e. The van der Waals surface area contributed by atoms with Crippen LogP contribution in [0.5, 0.6) is 0 Å². The number of rotatable bonds is 2. The maximum absolute atomic E-state index is 5.76. The van der Waals surface area contributed by atoms with Crippen LogP contribution in [0, 0.1) is 5.92 Å². The highest BCUT2D eigenvalue weighted by Crippen LogP contribution is 2.38. The van der Waals surface area contributed by atoms with E-state index in [9.17, 15) is 0 Å². The van der Waals surface area contributed by atoms with Crippen LogP contribution in [-0.4, -0.2) is 0 Å². The fourth-order valence-corrected chi connectivity index (χ4v) is 2.32. The fraction of sp³-hybridized carbons (Fsp3) is 0.625. The number of nitrogen functional groups attached to an aromatic ring is 1. The lowest BCUT2D eigenvalue weighted by Gasteiger charge is -2.10. The lowest BCUT2D eigenvalue weighted by molar-refractivity contribution is 0.596. The molecule has 0 heterocycles. The molecule has 96 valence electrons. The van der Waals surface area contributed by atoms with Crippen molar-refractivity contribution < 1.29 is 0 Å². The van der Waals surface area contributed by atoms with Crippen LogP contribution in [0.2, 0.25) is 0 Å². The second-order valence-corrected chi connectivity index (χ2v) is 5.29. The van der Waals surface area contributed by atoms with Gasteiger partial charge >= 0.3 is 0 Å². The summed E-state index contributed by atoms with van der Waals surface area (Å²) in [6.07, 6.45) is 6.69. The lowest BCUT2D eigenvalue weighted by atomic mass is 9.96. The van der Waals surface area contributed by atoms with Crippen molar-refractivity contribution in [2.75, 3.05) is 5.73 Å². The quantitative estimate of drug-likeness (QED) is 0.716. The van der Waals surface area contributed by atoms with Crippen molar-refractivity contribution in [2.24, 2.45) is 5.92 Å². The third kappa shape index (κ3) is 4.80. The average Bonchev–Trinajstić information content (AvgIpc) is 2.76. The van der Waals surface area contributed by atoms with Crippen LogP contribution in [0.1, 0.15) is 64.4 Å². The van der Waals surface area contributed by atoms with Gasteiger partial charge in [0.1, 0.15) is 0 Å². The lowest BCUT2D eigenvalue weighted by Crippen LogP contribution is -1.94. The molecule has 1 aliphatic rings. The van der Waals surface area contributed by atoms with Crippen molar-refractivity contribution in [3.63, 3.8) is 0 Å². The highest BCUT2D eigenvalue weighted by Gasteiger charge is 2.22. The van der Waals surface area contributed by atoms with Gasteiger partial charge in [0.05, 0.1) is 0 Å². The van der Waals surface area contributed by atoms with Gasteiger partial charge in [0, 0.05) is 5.69 Å². The first-order valence-electron chi connectivity index (χ1n) is 7.02. The Morgan fingerprint density at radius 1 is 1.18 bits per heavy atom. The van der Waals surface area contributed by atoms with Crippen LogP contribution in [-0.2, 0) is 0 Å². The van der Waals surface area contributed by atoms with Gasteiger partial charge in [-0.2, -0.15) is 0 Å². The molecular weight excluding hydrogens is 206 g/mol. The second kappa shape index (κ2) is 7.37. The van der Waals surface area contributed by atoms with E-state index in [4.69, 9.17) is 5.73 Å². The van der Waals surface area contributed by atoms with Crippen LogP contribution < -0.4 is 5.73 Å². The molecule has 2 atom stereocenters. The van der Waals surface area contributed by atoms with Gasteiger partial charge in [0.15, 0.2) is 0 Å². The summed E-state index contributed by atoms with van der Waals surface area (Å²) in [7, 11) is 0. The fourth-order valence-electron chi connectivity index (χ4n) is 2.32. The van der Waals surface area contributed by atoms with E-state index in [0.29, 0.717) is 0 Å². The van der Waals surface area contributed by atoms with Crippen LogP contribution in [0.25, 0.3) is 0 Å². The molecule has 1 nitrogen and oxygen atoms in total. The standard InChI is InChI=1S/C12H17N.C4H10/c1-9-5-6-11(7-9)10-3-2-4-12(13)8-10;1-3-4-2/h2-4,8-9,11H,5-7,13H2,1H3;3-4H2,1-2H3. The first-order chi connectivity index (χ1) is 8.17. The van der Waals surface area contributed by atoms with E-state index < -0.39 is 0 Å². The molecule has 1 heteroatoms. The Kier molecular flexibility index (Phi) is 6.10. The molecule has 1 aliphatic carbocycles. The molecule has 1 saturated carbocycles. The van der Waals surface area contributed by atoms with Crippen molar-refractivity contribution in [1.29, 1.82) is 0 Å². The summed E-state index contributed by atoms with van der Waals surface area (Å²) < 4.78 is 0. The first-order valence-corrected chi connectivity index (χ1v) is 7.02. The SMILES string of the molecule is CC1CCC(c2cccc(N)c2)C1.CCCC. The third-order valence-electron chi connectivity index (χ3n) is 3.58. The topological polar surface area (TPSA) is 26.0 Å². The van der Waals surface area contributed by atoms with Crippen molar-refractivity contribution in [1.82, 2.24) is 0 Å². The zero-order chi connectivity index (χ0) is 12.7. The molecule has 0 spiro atoms. The molecule has 2 rings (SSSR count). The highest BCUT2D eigenvalue weighted by atomic mass is 14.5. The number of unbranched alkanes of at least 4 members (excludes halogenated alkanes) is 1. The van der Waals surface area contributed by atoms with E-state index in [1.54, 1.807) is 0 Å². The van der Waals surface area contributed by atoms with E-state index in [0.717, 1.165) is 17.5 Å². The van der Waals surface area contributed by atoms with Crippen molar-refractivity contribution in [2.45, 2.75) is 58.8 Å². The summed E-state index contributed by atoms with van der Waals surface area (Å²) >= 11 is 0. The van der Waals surface area contributed by atoms with E-state index in [1.807, 2.05) is 6.07 Å². The van der Waals surface area contributed by atoms with Crippen molar-refractivity contribution in [3.05, 3.63) is 29.8 Å². The van der Waals surface area contributed by atoms with Crippen molar-refractivity contribution in [3.8, 4) is 0 Å². The number of anilines is 1. The predicted octanol–water partition coefficient (Wildman–Crippen LogP) is 4.98. The second-order valence-electron chi connectivity index (χ2n) is 5.29. The summed E-state index contributed by atoms with van der Waals surface area (Å²) in [5.41, 5.74) is 8.10. The van der Waals surface area contributed by atoms with E-state index >= 15 is 0 Å². The van der Waals surface area contributed by atoms with Gasteiger partial charge in [-0.15, -0.1) is 0 Å². The molecule has 17 heavy (non-hydrogen) atoms. The van der Waals surface area contributed by atoms with Crippen LogP contribution >= 0.6 is 0 Å². The minimum Gasteiger partial charge on any atom is -0.399 e. The predicted molar refractivity (Wildman–Crippen MR) is 77.2 cm³/mol. The average molecular weight is 233 g/mol. The van der Waals surface area contributed by atoms with Crippen LogP contribution in [0.15, 0.2) is 24.3 Å². The Balaban J connectivity index is 0.000000317. The molecule has 0 amide bonds. The Morgan fingerprint density at radius 3 is 2.35 bits per heavy atom. The molecule has 0 aliphatic heterocycles. The summed E-state index contributed by atoms with van der Waals surface area (Å²) in [4.78, 5) is 0. The van der Waals surface area contributed by atoms with Gasteiger partial charge in [0.2, 0.25) is 0 Å². The Labute approximate surface area is 106 Å². The molecule has 0 radical (unpaired) electrons. The van der Waals surface area contributed by atoms with Gasteiger partial charge in [-0.25, -0.2) is 0 Å². The summed E-state index contributed by atoms with van der Waals surface area (Å²) in [5, 5.41) is 0. The molecule has 2 N–H and O–H groups in total. The molecule has 2 unspecified atom stereocenters. The summed E-state index contributed by atoms with van der Waals surface area (Å²) in [6, 6.07) is 8.36. The monoisotopic (exact) mass is 233 g/mol. The first kappa shape index (κ1) is 14.1. The van der Waals surface area contributed by atoms with E-state index in [2.05, 4.69) is 39.0 Å². The number of nitrogens with two attached hydrogens (primary N) is 1. The third-order valence-corrected chi connectivity index (χ3v) is 3.58. The minimum absolute atomic E-state index is 0.762. The molecule has 0 aromatic heterocycles. The molecule has 0 saturated heterocycles. The Bertz CT molecular complexity index is 317. The molecule has 0 bridgehead atoms. The maximum Gasteiger partial charge on any atom is 0.0316 e. The molecule has 1 fully saturated rings. The normalized spacial score (nSPS) is 23.0. The van der Waals surface area contributed by atoms with Crippen molar-refractivity contribution >= 4 is 5.69 Å². The number of hydrogen-bond acceptors (Lipinski definition) is 1. The minimum atomic E-state index is 0.762.